The number of H-pyrrole nitrogens is 1. The van der Waals surface area contributed by atoms with Gasteiger partial charge in [-0.05, 0) is 0 Å². The highest BCUT2D eigenvalue weighted by Gasteiger charge is 2.44. The number of nitrogens with one attached hydrogen (secondary N) is 1. The lowest BCUT2D eigenvalue weighted by Gasteiger charge is -2.16. The minimum absolute atomic E-state index is 0.249. The summed E-state index contributed by atoms with van der Waals surface area (Å²) in [6.07, 6.45) is -3.46. The van der Waals surface area contributed by atoms with E-state index in [2.05, 4.69) is 15.0 Å². The van der Waals surface area contributed by atoms with Gasteiger partial charge in [0.15, 0.2) is 17.7 Å². The van der Waals surface area contributed by atoms with Gasteiger partial charge in [0.05, 0.1) is 6.61 Å². The minimum atomic E-state index is -1.35. The summed E-state index contributed by atoms with van der Waals surface area (Å²) in [5, 5.41) is 29.1. The normalized spacial score (nSPS) is 28.4. The Morgan fingerprint density at radius 2 is 2.09 bits per heavy atom. The first-order valence-corrected chi connectivity index (χ1v) is 6.70. The molecule has 0 amide bonds. The number of fused-ring (bicyclic) bond motifs is 1. The van der Waals surface area contributed by atoms with E-state index in [0.29, 0.717) is 11.3 Å². The number of hydrogen-bond acceptors (Lipinski definition) is 8. The fourth-order valence-electron chi connectivity index (χ4n) is 2.59. The highest BCUT2D eigenvalue weighted by Crippen LogP contribution is 2.30. The molecule has 2 aromatic heterocycles. The van der Waals surface area contributed by atoms with Gasteiger partial charge in [0, 0.05) is 14.1 Å². The zero-order chi connectivity index (χ0) is 16.0. The van der Waals surface area contributed by atoms with Crippen LogP contribution in [-0.4, -0.2) is 73.9 Å². The predicted octanol–water partition coefficient (Wildman–Crippen LogP) is -2.20. The molecule has 0 unspecified atom stereocenters. The van der Waals surface area contributed by atoms with Gasteiger partial charge in [-0.3, -0.25) is 0 Å². The van der Waals surface area contributed by atoms with Crippen LogP contribution in [0.15, 0.2) is 11.1 Å². The van der Waals surface area contributed by atoms with Crippen LogP contribution in [0, 0.1) is 0 Å². The molecular formula is C12H17N5O5. The first kappa shape index (κ1) is 14.9. The number of aliphatic hydroxyl groups excluding tert-OH is 3. The standard InChI is InChI=1S/C12H17N5O5/c1-16(2)9-6-10(14-4-13-9)17(12(21)15-6)11-8(20)7(19)5(3-18)22-11/h4-5,7-8,11,18-20H,3H2,1-2H3,(H,15,21)/t5-,7-,8-,11-/m1/s1. The number of aromatic amines is 1. The van der Waals surface area contributed by atoms with Crippen molar-refractivity contribution < 1.29 is 20.1 Å². The van der Waals surface area contributed by atoms with Crippen LogP contribution in [0.3, 0.4) is 0 Å². The van der Waals surface area contributed by atoms with Crippen molar-refractivity contribution in [2.45, 2.75) is 24.5 Å². The van der Waals surface area contributed by atoms with Gasteiger partial charge in [-0.2, -0.15) is 0 Å². The van der Waals surface area contributed by atoms with Gasteiger partial charge in [0.25, 0.3) is 0 Å². The highest BCUT2D eigenvalue weighted by molar-refractivity contribution is 5.83. The van der Waals surface area contributed by atoms with Crippen LogP contribution >= 0.6 is 0 Å². The average molecular weight is 311 g/mol. The van der Waals surface area contributed by atoms with Crippen molar-refractivity contribution >= 4 is 17.0 Å². The molecular weight excluding hydrogens is 294 g/mol. The van der Waals surface area contributed by atoms with E-state index in [9.17, 15) is 15.0 Å². The lowest BCUT2D eigenvalue weighted by atomic mass is 10.1. The Balaban J connectivity index is 2.14. The molecule has 3 rings (SSSR count). The number of anilines is 1. The molecule has 0 bridgehead atoms. The number of aliphatic hydroxyl groups is 3. The summed E-state index contributed by atoms with van der Waals surface area (Å²) in [7, 11) is 3.54. The van der Waals surface area contributed by atoms with Crippen molar-refractivity contribution in [1.82, 2.24) is 19.5 Å². The van der Waals surface area contributed by atoms with E-state index >= 15 is 0 Å². The first-order valence-electron chi connectivity index (χ1n) is 6.70. The lowest BCUT2D eigenvalue weighted by molar-refractivity contribution is -0.0524. The highest BCUT2D eigenvalue weighted by atomic mass is 16.6. The minimum Gasteiger partial charge on any atom is -0.394 e. The fraction of sp³-hybridized carbons (Fsp3) is 0.583. The third-order valence-electron chi connectivity index (χ3n) is 3.68. The summed E-state index contributed by atoms with van der Waals surface area (Å²) in [5.41, 5.74) is 0.0993. The molecule has 1 aliphatic rings. The zero-order valence-corrected chi connectivity index (χ0v) is 12.0. The smallest absolute Gasteiger partial charge is 0.330 e. The van der Waals surface area contributed by atoms with Crippen molar-refractivity contribution in [3.05, 3.63) is 16.8 Å². The summed E-state index contributed by atoms with van der Waals surface area (Å²) >= 11 is 0. The second-order valence-electron chi connectivity index (χ2n) is 5.32. The molecule has 10 nitrogen and oxygen atoms in total. The number of nitrogens with zero attached hydrogens (tertiary/aromatic N) is 4. The zero-order valence-electron chi connectivity index (χ0n) is 12.0. The molecule has 1 saturated heterocycles. The van der Waals surface area contributed by atoms with Crippen molar-refractivity contribution in [2.24, 2.45) is 0 Å². The van der Waals surface area contributed by atoms with Gasteiger partial charge in [0.2, 0.25) is 0 Å². The van der Waals surface area contributed by atoms with Gasteiger partial charge in [-0.1, -0.05) is 0 Å². The molecule has 1 aliphatic heterocycles. The maximum Gasteiger partial charge on any atom is 0.330 e. The molecule has 1 fully saturated rings. The van der Waals surface area contributed by atoms with E-state index in [-0.39, 0.29) is 5.65 Å². The van der Waals surface area contributed by atoms with Crippen molar-refractivity contribution in [3.63, 3.8) is 0 Å². The fourth-order valence-corrected chi connectivity index (χ4v) is 2.59. The molecule has 4 N–H and O–H groups in total. The van der Waals surface area contributed by atoms with Crippen LogP contribution in [-0.2, 0) is 4.74 Å². The van der Waals surface area contributed by atoms with Crippen LogP contribution in [0.25, 0.3) is 11.2 Å². The summed E-state index contributed by atoms with van der Waals surface area (Å²) in [6.45, 7) is -0.468. The molecule has 0 spiro atoms. The van der Waals surface area contributed by atoms with E-state index in [1.165, 1.54) is 6.33 Å². The molecule has 2 aromatic rings. The second-order valence-corrected chi connectivity index (χ2v) is 5.32. The van der Waals surface area contributed by atoms with E-state index < -0.39 is 36.8 Å². The Hall–Kier alpha value is -2.01. The van der Waals surface area contributed by atoms with Crippen molar-refractivity contribution in [1.29, 1.82) is 0 Å². The van der Waals surface area contributed by atoms with Gasteiger partial charge < -0.3 is 29.9 Å². The number of ether oxygens (including phenoxy) is 1. The number of hydrogen-bond donors (Lipinski definition) is 4. The van der Waals surface area contributed by atoms with Crippen LogP contribution in [0.1, 0.15) is 6.23 Å². The first-order chi connectivity index (χ1) is 10.5. The Bertz CT molecular complexity index is 741. The van der Waals surface area contributed by atoms with Gasteiger partial charge in [-0.15, -0.1) is 0 Å². The molecule has 0 aromatic carbocycles. The number of imidazole rings is 1. The molecule has 120 valence electrons. The third kappa shape index (κ3) is 2.08. The number of aromatic nitrogens is 4. The van der Waals surface area contributed by atoms with Crippen LogP contribution in [0.4, 0.5) is 5.82 Å². The van der Waals surface area contributed by atoms with Crippen LogP contribution < -0.4 is 10.6 Å². The van der Waals surface area contributed by atoms with E-state index in [1.807, 2.05) is 0 Å². The monoisotopic (exact) mass is 311 g/mol. The van der Waals surface area contributed by atoms with Gasteiger partial charge in [-0.25, -0.2) is 19.3 Å². The summed E-state index contributed by atoms with van der Waals surface area (Å²) < 4.78 is 6.51. The Morgan fingerprint density at radius 3 is 2.68 bits per heavy atom. The van der Waals surface area contributed by atoms with Crippen molar-refractivity contribution in [2.75, 3.05) is 25.6 Å². The molecule has 22 heavy (non-hydrogen) atoms. The topological polar surface area (TPSA) is 137 Å². The summed E-state index contributed by atoms with van der Waals surface area (Å²) in [6, 6.07) is 0. The molecule has 0 aliphatic carbocycles. The Morgan fingerprint density at radius 1 is 1.36 bits per heavy atom. The maximum absolute atomic E-state index is 12.2. The molecule has 0 radical (unpaired) electrons. The lowest BCUT2D eigenvalue weighted by Crippen LogP contribution is -2.34. The molecule has 0 saturated carbocycles. The Labute approximate surface area is 124 Å². The average Bonchev–Trinajstić information content (AvgIpc) is 2.96. The predicted molar refractivity (Wildman–Crippen MR) is 75.5 cm³/mol. The van der Waals surface area contributed by atoms with E-state index in [4.69, 9.17) is 9.84 Å². The Kier molecular flexibility index (Phi) is 3.60. The third-order valence-corrected chi connectivity index (χ3v) is 3.68. The molecule has 10 heteroatoms. The van der Waals surface area contributed by atoms with Crippen molar-refractivity contribution in [3.8, 4) is 0 Å². The molecule has 3 heterocycles. The van der Waals surface area contributed by atoms with Gasteiger partial charge >= 0.3 is 5.69 Å². The largest absolute Gasteiger partial charge is 0.394 e. The summed E-state index contributed by atoms with van der Waals surface area (Å²) in [4.78, 5) is 24.7. The van der Waals surface area contributed by atoms with E-state index in [0.717, 1.165) is 4.57 Å². The van der Waals surface area contributed by atoms with E-state index in [1.54, 1.807) is 19.0 Å². The maximum atomic E-state index is 12.2. The SMILES string of the molecule is CN(C)c1ncnc2c1[nH]c(=O)n2[C@@H]1O[C@H](CO)[C@@H](O)[C@H]1O. The molecule has 4 atom stereocenters. The van der Waals surface area contributed by atoms with Crippen LogP contribution in [0.5, 0.6) is 0 Å². The summed E-state index contributed by atoms with van der Waals surface area (Å²) in [5.74, 6) is 0.507. The van der Waals surface area contributed by atoms with Crippen LogP contribution in [0.2, 0.25) is 0 Å². The van der Waals surface area contributed by atoms with Gasteiger partial charge in [0.1, 0.15) is 30.2 Å². The second kappa shape index (κ2) is 5.32. The quantitative estimate of drug-likeness (QED) is 0.501. The number of rotatable bonds is 3.